The molecule has 0 atom stereocenters. The number of halogens is 1. The summed E-state index contributed by atoms with van der Waals surface area (Å²) >= 11 is 0. The van der Waals surface area contributed by atoms with E-state index in [2.05, 4.69) is 43.1 Å². The third-order valence-electron chi connectivity index (χ3n) is 5.29. The van der Waals surface area contributed by atoms with Gasteiger partial charge in [-0.05, 0) is 54.3 Å². The number of esters is 1. The van der Waals surface area contributed by atoms with E-state index in [9.17, 15) is 9.18 Å². The standard InChI is InChI=1S/C27H25FN2O2/c1-17(2)16-18-4-6-21(7-5-18)26-29-24(19-8-10-22(11-9-19)27(31)32-3)25(30-26)20-12-14-23(28)15-13-20/h4-15,17H,16H2,1-3H3,(H,29,30). The minimum Gasteiger partial charge on any atom is -0.465 e. The molecule has 0 amide bonds. The van der Waals surface area contributed by atoms with E-state index < -0.39 is 0 Å². The molecule has 4 aromatic rings. The monoisotopic (exact) mass is 428 g/mol. The Balaban J connectivity index is 1.77. The summed E-state index contributed by atoms with van der Waals surface area (Å²) < 4.78 is 18.3. The smallest absolute Gasteiger partial charge is 0.337 e. The zero-order valence-corrected chi connectivity index (χ0v) is 18.4. The lowest BCUT2D eigenvalue weighted by molar-refractivity contribution is 0.0600. The first-order valence-corrected chi connectivity index (χ1v) is 10.6. The van der Waals surface area contributed by atoms with Crippen LogP contribution in [0.15, 0.2) is 72.8 Å². The van der Waals surface area contributed by atoms with E-state index in [0.717, 1.165) is 40.3 Å². The Bertz CT molecular complexity index is 1210. The predicted molar refractivity (Wildman–Crippen MR) is 125 cm³/mol. The Morgan fingerprint density at radius 3 is 2.09 bits per heavy atom. The van der Waals surface area contributed by atoms with Gasteiger partial charge in [-0.3, -0.25) is 0 Å². The molecule has 0 radical (unpaired) electrons. The van der Waals surface area contributed by atoms with Crippen LogP contribution >= 0.6 is 0 Å². The average Bonchev–Trinajstić information content (AvgIpc) is 3.24. The number of ether oxygens (including phenoxy) is 1. The number of benzene rings is 3. The first kappa shape index (κ1) is 21.5. The molecule has 0 aliphatic heterocycles. The van der Waals surface area contributed by atoms with E-state index in [1.807, 2.05) is 12.1 Å². The summed E-state index contributed by atoms with van der Waals surface area (Å²) in [5, 5.41) is 0. The van der Waals surface area contributed by atoms with E-state index in [1.54, 1.807) is 24.3 Å². The Labute approximate surface area is 187 Å². The van der Waals surface area contributed by atoms with E-state index in [1.165, 1.54) is 24.8 Å². The maximum Gasteiger partial charge on any atom is 0.337 e. The number of rotatable bonds is 6. The molecule has 1 heterocycles. The quantitative estimate of drug-likeness (QED) is 0.355. The number of hydrogen-bond acceptors (Lipinski definition) is 3. The van der Waals surface area contributed by atoms with Crippen molar-refractivity contribution in [3.8, 4) is 33.9 Å². The van der Waals surface area contributed by atoms with Crippen LogP contribution in [-0.4, -0.2) is 23.0 Å². The lowest BCUT2D eigenvalue weighted by Gasteiger charge is -2.05. The zero-order valence-electron chi connectivity index (χ0n) is 18.4. The number of carbonyl (C=O) groups is 1. The molecule has 4 nitrogen and oxygen atoms in total. The molecule has 0 saturated heterocycles. The highest BCUT2D eigenvalue weighted by molar-refractivity contribution is 5.90. The lowest BCUT2D eigenvalue weighted by atomic mass is 10.0. The van der Waals surface area contributed by atoms with Crippen molar-refractivity contribution in [1.29, 1.82) is 0 Å². The van der Waals surface area contributed by atoms with Crippen LogP contribution in [0, 0.1) is 11.7 Å². The van der Waals surface area contributed by atoms with Crippen LogP contribution in [0.2, 0.25) is 0 Å². The van der Waals surface area contributed by atoms with Gasteiger partial charge in [0.2, 0.25) is 0 Å². The van der Waals surface area contributed by atoms with E-state index in [0.29, 0.717) is 11.5 Å². The fourth-order valence-electron chi connectivity index (χ4n) is 3.70. The highest BCUT2D eigenvalue weighted by Gasteiger charge is 2.16. The molecule has 5 heteroatoms. The van der Waals surface area contributed by atoms with Crippen LogP contribution in [0.3, 0.4) is 0 Å². The van der Waals surface area contributed by atoms with Crippen molar-refractivity contribution in [3.63, 3.8) is 0 Å². The normalized spacial score (nSPS) is 11.0. The Kier molecular flexibility index (Phi) is 6.17. The van der Waals surface area contributed by atoms with Crippen LogP contribution < -0.4 is 0 Å². The number of imidazole rings is 1. The third kappa shape index (κ3) is 4.62. The van der Waals surface area contributed by atoms with Crippen molar-refractivity contribution in [1.82, 2.24) is 9.97 Å². The summed E-state index contributed by atoms with van der Waals surface area (Å²) in [7, 11) is 1.36. The number of hydrogen-bond donors (Lipinski definition) is 1. The van der Waals surface area contributed by atoms with Crippen molar-refractivity contribution in [2.75, 3.05) is 7.11 Å². The Morgan fingerprint density at radius 1 is 0.906 bits per heavy atom. The second kappa shape index (κ2) is 9.18. The summed E-state index contributed by atoms with van der Waals surface area (Å²) in [4.78, 5) is 20.1. The molecule has 162 valence electrons. The number of methoxy groups -OCH3 is 1. The molecule has 0 aliphatic rings. The van der Waals surface area contributed by atoms with Gasteiger partial charge in [0.25, 0.3) is 0 Å². The predicted octanol–water partition coefficient (Wildman–Crippen LogP) is 6.53. The first-order valence-electron chi connectivity index (χ1n) is 10.6. The molecule has 0 unspecified atom stereocenters. The highest BCUT2D eigenvalue weighted by atomic mass is 19.1. The summed E-state index contributed by atoms with van der Waals surface area (Å²) in [5.74, 6) is 0.638. The SMILES string of the molecule is COC(=O)c1ccc(-c2nc(-c3ccc(CC(C)C)cc3)[nH]c2-c2ccc(F)cc2)cc1. The minimum atomic E-state index is -0.389. The number of aromatic amines is 1. The van der Waals surface area contributed by atoms with Gasteiger partial charge in [-0.2, -0.15) is 0 Å². The summed E-state index contributed by atoms with van der Waals surface area (Å²) in [5.41, 5.74) is 5.91. The van der Waals surface area contributed by atoms with Crippen LogP contribution in [0.4, 0.5) is 4.39 Å². The molecule has 1 aromatic heterocycles. The molecule has 0 fully saturated rings. The van der Waals surface area contributed by atoms with E-state index >= 15 is 0 Å². The van der Waals surface area contributed by atoms with Crippen molar-refractivity contribution < 1.29 is 13.9 Å². The molecule has 0 spiro atoms. The molecule has 4 rings (SSSR count). The number of H-pyrrole nitrogens is 1. The molecular weight excluding hydrogens is 403 g/mol. The molecule has 0 saturated carbocycles. The zero-order chi connectivity index (χ0) is 22.7. The Morgan fingerprint density at radius 2 is 1.50 bits per heavy atom. The Hall–Kier alpha value is -3.73. The fraction of sp³-hybridized carbons (Fsp3) is 0.185. The molecule has 0 bridgehead atoms. The van der Waals surface area contributed by atoms with Crippen molar-refractivity contribution in [2.24, 2.45) is 5.92 Å². The van der Waals surface area contributed by atoms with Crippen LogP contribution in [0.1, 0.15) is 29.8 Å². The largest absolute Gasteiger partial charge is 0.465 e. The van der Waals surface area contributed by atoms with Gasteiger partial charge in [-0.1, -0.05) is 50.2 Å². The van der Waals surface area contributed by atoms with Crippen molar-refractivity contribution >= 4 is 5.97 Å². The second-order valence-corrected chi connectivity index (χ2v) is 8.18. The van der Waals surface area contributed by atoms with Crippen molar-refractivity contribution in [3.05, 3.63) is 89.7 Å². The van der Waals surface area contributed by atoms with Crippen LogP contribution in [-0.2, 0) is 11.2 Å². The second-order valence-electron chi connectivity index (χ2n) is 8.18. The van der Waals surface area contributed by atoms with Gasteiger partial charge in [0, 0.05) is 16.7 Å². The van der Waals surface area contributed by atoms with Crippen LogP contribution in [0.5, 0.6) is 0 Å². The van der Waals surface area contributed by atoms with Gasteiger partial charge >= 0.3 is 5.97 Å². The lowest BCUT2D eigenvalue weighted by Crippen LogP contribution is -2.00. The molecule has 32 heavy (non-hydrogen) atoms. The molecule has 1 N–H and O–H groups in total. The molecular formula is C27H25FN2O2. The average molecular weight is 429 g/mol. The number of aromatic nitrogens is 2. The summed E-state index contributed by atoms with van der Waals surface area (Å²) in [6, 6.07) is 21.8. The van der Waals surface area contributed by atoms with Crippen LogP contribution in [0.25, 0.3) is 33.9 Å². The van der Waals surface area contributed by atoms with E-state index in [-0.39, 0.29) is 11.8 Å². The van der Waals surface area contributed by atoms with Gasteiger partial charge in [0.1, 0.15) is 11.6 Å². The van der Waals surface area contributed by atoms with Gasteiger partial charge in [-0.25, -0.2) is 14.2 Å². The maximum atomic E-state index is 13.5. The number of nitrogens with one attached hydrogen (secondary N) is 1. The first-order chi connectivity index (χ1) is 15.4. The third-order valence-corrected chi connectivity index (χ3v) is 5.29. The van der Waals surface area contributed by atoms with Gasteiger partial charge in [0.05, 0.1) is 24.1 Å². The van der Waals surface area contributed by atoms with Gasteiger partial charge in [-0.15, -0.1) is 0 Å². The maximum absolute atomic E-state index is 13.5. The summed E-state index contributed by atoms with van der Waals surface area (Å²) in [6.07, 6.45) is 1.02. The fourth-order valence-corrected chi connectivity index (χ4v) is 3.70. The van der Waals surface area contributed by atoms with Crippen molar-refractivity contribution in [2.45, 2.75) is 20.3 Å². The molecule has 0 aliphatic carbocycles. The summed E-state index contributed by atoms with van der Waals surface area (Å²) in [6.45, 7) is 4.40. The topological polar surface area (TPSA) is 55.0 Å². The number of nitrogens with zero attached hydrogens (tertiary/aromatic N) is 1. The highest BCUT2D eigenvalue weighted by Crippen LogP contribution is 2.33. The van der Waals surface area contributed by atoms with Gasteiger partial charge < -0.3 is 9.72 Å². The van der Waals surface area contributed by atoms with E-state index in [4.69, 9.17) is 9.72 Å². The van der Waals surface area contributed by atoms with Gasteiger partial charge in [0.15, 0.2) is 0 Å². The number of carbonyl (C=O) groups excluding carboxylic acids is 1. The minimum absolute atomic E-state index is 0.293. The molecule has 3 aromatic carbocycles.